The van der Waals surface area contributed by atoms with E-state index < -0.39 is 0 Å². The number of quaternary nitrogens is 1. The van der Waals surface area contributed by atoms with Crippen molar-refractivity contribution < 1.29 is 34.3 Å². The van der Waals surface area contributed by atoms with Crippen LogP contribution in [-0.2, 0) is 9.59 Å². The van der Waals surface area contributed by atoms with Crippen molar-refractivity contribution in [2.24, 2.45) is 0 Å². The molecular formula is C24H28NO6+. The second kappa shape index (κ2) is 12.2. The van der Waals surface area contributed by atoms with Gasteiger partial charge in [-0.05, 0) is 47.5 Å². The largest absolute Gasteiger partial charge is 0.493 e. The summed E-state index contributed by atoms with van der Waals surface area (Å²) in [6, 6.07) is 10.6. The first-order chi connectivity index (χ1) is 15.0. The Kier molecular flexibility index (Phi) is 9.32. The lowest BCUT2D eigenvalue weighted by Gasteiger charge is -2.09. The average Bonchev–Trinajstić information content (AvgIpc) is 2.79. The third kappa shape index (κ3) is 7.31. The highest BCUT2D eigenvalue weighted by Gasteiger charge is 2.07. The van der Waals surface area contributed by atoms with Crippen LogP contribution in [0.1, 0.15) is 17.5 Å². The molecule has 0 spiro atoms. The van der Waals surface area contributed by atoms with Crippen LogP contribution in [0.2, 0.25) is 0 Å². The summed E-state index contributed by atoms with van der Waals surface area (Å²) in [6.07, 6.45) is 5.82. The zero-order valence-corrected chi connectivity index (χ0v) is 18.1. The molecule has 0 aromatic heterocycles. The Labute approximate surface area is 182 Å². The maximum absolute atomic E-state index is 12.1. The number of hydrogen-bond acceptors (Lipinski definition) is 6. The van der Waals surface area contributed by atoms with E-state index >= 15 is 0 Å². The van der Waals surface area contributed by atoms with Gasteiger partial charge in [0.25, 0.3) is 0 Å². The highest BCUT2D eigenvalue weighted by molar-refractivity contribution is 6.10. The number of carbonyl (C=O) groups is 2. The van der Waals surface area contributed by atoms with Crippen molar-refractivity contribution in [3.05, 3.63) is 59.7 Å². The maximum Gasteiger partial charge on any atom is 0.163 e. The predicted octanol–water partition coefficient (Wildman–Crippen LogP) is 2.59. The van der Waals surface area contributed by atoms with Gasteiger partial charge in [-0.3, -0.25) is 9.59 Å². The molecule has 0 unspecified atom stereocenters. The second-order valence-corrected chi connectivity index (χ2v) is 6.50. The van der Waals surface area contributed by atoms with Crippen molar-refractivity contribution in [1.29, 1.82) is 0 Å². The Bertz CT molecular complexity index is 965. The molecule has 164 valence electrons. The molecule has 0 heterocycles. The zero-order chi connectivity index (χ0) is 22.6. The van der Waals surface area contributed by atoms with Crippen molar-refractivity contribution in [2.45, 2.75) is 6.42 Å². The summed E-state index contributed by atoms with van der Waals surface area (Å²) in [5, 5.41) is 0. The molecule has 7 heteroatoms. The summed E-state index contributed by atoms with van der Waals surface area (Å²) < 4.78 is 21.3. The number of methoxy groups -OCH3 is 3. The Balaban J connectivity index is 1.96. The van der Waals surface area contributed by atoms with Crippen LogP contribution in [-0.4, -0.2) is 46.0 Å². The normalized spacial score (nSPS) is 11.0. The lowest BCUT2D eigenvalue weighted by Crippen LogP contribution is -2.52. The van der Waals surface area contributed by atoms with Crippen molar-refractivity contribution in [1.82, 2.24) is 0 Å². The van der Waals surface area contributed by atoms with Crippen LogP contribution in [0.4, 0.5) is 0 Å². The molecule has 0 fully saturated rings. The number of rotatable bonds is 12. The standard InChI is InChI=1S/C24H27NO6/c1-28-21-10-6-17(14-23(21)29-2)4-8-19(26)16-20(27)9-5-18-7-11-22(31-13-12-25)24(15-18)30-3/h4-11,14-15H,12-13,16,25H2,1-3H3/p+1/b8-4+,9-5+. The monoisotopic (exact) mass is 426 g/mol. The van der Waals surface area contributed by atoms with E-state index in [1.54, 1.807) is 63.8 Å². The molecule has 2 aromatic carbocycles. The summed E-state index contributed by atoms with van der Waals surface area (Å²) in [5.41, 5.74) is 5.26. The van der Waals surface area contributed by atoms with Crippen LogP contribution in [0.5, 0.6) is 23.0 Å². The Hall–Kier alpha value is -3.58. The van der Waals surface area contributed by atoms with Crippen molar-refractivity contribution in [3.63, 3.8) is 0 Å². The minimum atomic E-state index is -0.293. The Morgan fingerprint density at radius 2 is 1.26 bits per heavy atom. The van der Waals surface area contributed by atoms with E-state index in [0.29, 0.717) is 36.1 Å². The van der Waals surface area contributed by atoms with Gasteiger partial charge in [-0.2, -0.15) is 0 Å². The van der Waals surface area contributed by atoms with Gasteiger partial charge in [0.1, 0.15) is 13.2 Å². The van der Waals surface area contributed by atoms with Crippen molar-refractivity contribution >= 4 is 23.7 Å². The molecule has 0 aliphatic carbocycles. The Morgan fingerprint density at radius 3 is 1.74 bits per heavy atom. The predicted molar refractivity (Wildman–Crippen MR) is 118 cm³/mol. The summed E-state index contributed by atoms with van der Waals surface area (Å²) >= 11 is 0. The van der Waals surface area contributed by atoms with E-state index in [2.05, 4.69) is 5.73 Å². The van der Waals surface area contributed by atoms with Crippen LogP contribution in [0.15, 0.2) is 48.6 Å². The fourth-order valence-electron chi connectivity index (χ4n) is 2.71. The lowest BCUT2D eigenvalue weighted by molar-refractivity contribution is -0.370. The smallest absolute Gasteiger partial charge is 0.163 e. The van der Waals surface area contributed by atoms with Crippen LogP contribution < -0.4 is 24.7 Å². The lowest BCUT2D eigenvalue weighted by atomic mass is 10.1. The molecule has 0 bridgehead atoms. The SMILES string of the molecule is COc1ccc(/C=C/C(=O)CC(=O)/C=C/c2ccc(OCC[NH3+])c(OC)c2)cc1OC. The fraction of sp³-hybridized carbons (Fsp3) is 0.250. The molecule has 0 aliphatic heterocycles. The minimum Gasteiger partial charge on any atom is -0.493 e. The van der Waals surface area contributed by atoms with Gasteiger partial charge in [0.15, 0.2) is 34.6 Å². The van der Waals surface area contributed by atoms with Gasteiger partial charge in [0.2, 0.25) is 0 Å². The minimum absolute atomic E-state index is 0.220. The molecule has 0 saturated carbocycles. The number of allylic oxidation sites excluding steroid dienone is 2. The van der Waals surface area contributed by atoms with Gasteiger partial charge in [-0.1, -0.05) is 24.3 Å². The van der Waals surface area contributed by atoms with Crippen LogP contribution in [0.3, 0.4) is 0 Å². The summed E-state index contributed by atoms with van der Waals surface area (Å²) in [6.45, 7) is 1.14. The fourth-order valence-corrected chi connectivity index (χ4v) is 2.71. The van der Waals surface area contributed by atoms with Crippen molar-refractivity contribution in [3.8, 4) is 23.0 Å². The highest BCUT2D eigenvalue weighted by atomic mass is 16.5. The van der Waals surface area contributed by atoms with Gasteiger partial charge in [-0.15, -0.1) is 0 Å². The summed E-state index contributed by atoms with van der Waals surface area (Å²) in [7, 11) is 4.65. The summed E-state index contributed by atoms with van der Waals surface area (Å²) in [5.74, 6) is 1.76. The molecule has 0 aliphatic rings. The van der Waals surface area contributed by atoms with Gasteiger partial charge >= 0.3 is 0 Å². The van der Waals surface area contributed by atoms with Crippen molar-refractivity contribution in [2.75, 3.05) is 34.5 Å². The third-order valence-electron chi connectivity index (χ3n) is 4.27. The molecule has 0 amide bonds. The molecule has 2 rings (SSSR count). The molecule has 7 nitrogen and oxygen atoms in total. The molecule has 0 radical (unpaired) electrons. The summed E-state index contributed by atoms with van der Waals surface area (Å²) in [4.78, 5) is 24.3. The van der Waals surface area contributed by atoms with Crippen LogP contribution in [0, 0.1) is 0 Å². The molecule has 3 N–H and O–H groups in total. The zero-order valence-electron chi connectivity index (χ0n) is 18.1. The number of ether oxygens (including phenoxy) is 4. The van der Waals surface area contributed by atoms with E-state index in [0.717, 1.165) is 11.1 Å². The second-order valence-electron chi connectivity index (χ2n) is 6.50. The van der Waals surface area contributed by atoms with Gasteiger partial charge in [0.05, 0.1) is 27.8 Å². The van der Waals surface area contributed by atoms with E-state index in [9.17, 15) is 9.59 Å². The van der Waals surface area contributed by atoms with E-state index in [4.69, 9.17) is 18.9 Å². The number of carbonyl (C=O) groups excluding carboxylic acids is 2. The van der Waals surface area contributed by atoms with E-state index in [-0.39, 0.29) is 18.0 Å². The Morgan fingerprint density at radius 1 is 0.774 bits per heavy atom. The van der Waals surface area contributed by atoms with Gasteiger partial charge in [0, 0.05) is 0 Å². The first kappa shape index (κ1) is 23.7. The first-order valence-electron chi connectivity index (χ1n) is 9.74. The van der Waals surface area contributed by atoms with E-state index in [1.165, 1.54) is 12.2 Å². The van der Waals surface area contributed by atoms with Gasteiger partial charge < -0.3 is 24.7 Å². The number of benzene rings is 2. The molecule has 0 atom stereocenters. The third-order valence-corrected chi connectivity index (χ3v) is 4.27. The average molecular weight is 426 g/mol. The topological polar surface area (TPSA) is 98.7 Å². The number of ketones is 2. The molecular weight excluding hydrogens is 398 g/mol. The van der Waals surface area contributed by atoms with Crippen LogP contribution >= 0.6 is 0 Å². The highest BCUT2D eigenvalue weighted by Crippen LogP contribution is 2.29. The molecule has 31 heavy (non-hydrogen) atoms. The first-order valence-corrected chi connectivity index (χ1v) is 9.74. The van der Waals surface area contributed by atoms with Crippen LogP contribution in [0.25, 0.3) is 12.2 Å². The molecule has 0 saturated heterocycles. The quantitative estimate of drug-likeness (QED) is 0.414. The van der Waals surface area contributed by atoms with E-state index in [1.807, 2.05) is 6.07 Å². The molecule has 2 aromatic rings. The number of hydrogen-bond donors (Lipinski definition) is 1. The maximum atomic E-state index is 12.1. The van der Waals surface area contributed by atoms with Gasteiger partial charge in [-0.25, -0.2) is 0 Å².